The zero-order valence-corrected chi connectivity index (χ0v) is 14.1. The molecule has 21 heavy (non-hydrogen) atoms. The number of benzene rings is 2. The number of nitrogens with one attached hydrogen (secondary N) is 1. The highest BCUT2D eigenvalue weighted by Gasteiger charge is 2.14. The van der Waals surface area contributed by atoms with Crippen LogP contribution in [0.3, 0.4) is 0 Å². The third-order valence-electron chi connectivity index (χ3n) is 3.52. The van der Waals surface area contributed by atoms with Crippen molar-refractivity contribution in [3.05, 3.63) is 57.0 Å². The summed E-state index contributed by atoms with van der Waals surface area (Å²) in [5, 5.41) is 0. The van der Waals surface area contributed by atoms with Gasteiger partial charge in [-0.15, -0.1) is 0 Å². The number of para-hydroxylation sites is 1. The minimum absolute atomic E-state index is 0.303. The molecule has 3 aromatic rings. The Balaban J connectivity index is 2.38. The average Bonchev–Trinajstić information content (AvgIpc) is 2.74. The van der Waals surface area contributed by atoms with Gasteiger partial charge in [0.15, 0.2) is 4.77 Å². The second-order valence-electron chi connectivity index (χ2n) is 5.26. The van der Waals surface area contributed by atoms with Crippen molar-refractivity contribution in [3.63, 3.8) is 0 Å². The molecular formula is C16H14BrFN2S. The molecule has 2 nitrogen and oxygen atoms in total. The molecule has 0 fully saturated rings. The van der Waals surface area contributed by atoms with Gasteiger partial charge in [-0.1, -0.05) is 32.0 Å². The lowest BCUT2D eigenvalue weighted by molar-refractivity contribution is 0.623. The van der Waals surface area contributed by atoms with Crippen LogP contribution in [-0.2, 0) is 0 Å². The Morgan fingerprint density at radius 3 is 2.67 bits per heavy atom. The average molecular weight is 365 g/mol. The molecular weight excluding hydrogens is 351 g/mol. The number of hydrogen-bond acceptors (Lipinski definition) is 1. The van der Waals surface area contributed by atoms with Gasteiger partial charge in [0.2, 0.25) is 0 Å². The molecule has 2 aromatic carbocycles. The maximum Gasteiger partial charge on any atom is 0.182 e. The molecule has 3 rings (SSSR count). The molecule has 0 unspecified atom stereocenters. The van der Waals surface area contributed by atoms with Gasteiger partial charge in [0, 0.05) is 6.07 Å². The highest BCUT2D eigenvalue weighted by molar-refractivity contribution is 9.10. The molecule has 0 radical (unpaired) electrons. The summed E-state index contributed by atoms with van der Waals surface area (Å²) < 4.78 is 16.6. The Hall–Kier alpha value is -1.46. The van der Waals surface area contributed by atoms with Crippen LogP contribution in [0.2, 0.25) is 0 Å². The number of halogens is 2. The summed E-state index contributed by atoms with van der Waals surface area (Å²) >= 11 is 8.68. The van der Waals surface area contributed by atoms with Crippen LogP contribution < -0.4 is 0 Å². The van der Waals surface area contributed by atoms with Gasteiger partial charge in [-0.3, -0.25) is 4.57 Å². The van der Waals surface area contributed by atoms with Crippen molar-refractivity contribution >= 4 is 39.2 Å². The van der Waals surface area contributed by atoms with Gasteiger partial charge >= 0.3 is 0 Å². The first-order valence-corrected chi connectivity index (χ1v) is 7.88. The molecule has 1 N–H and O–H groups in total. The Bertz CT molecular complexity index is 880. The van der Waals surface area contributed by atoms with Gasteiger partial charge in [-0.25, -0.2) is 4.39 Å². The van der Waals surface area contributed by atoms with Crippen molar-refractivity contribution in [1.82, 2.24) is 9.55 Å². The van der Waals surface area contributed by atoms with Gasteiger partial charge in [-0.2, -0.15) is 0 Å². The normalized spacial score (nSPS) is 11.5. The Morgan fingerprint density at radius 2 is 1.95 bits per heavy atom. The Kier molecular flexibility index (Phi) is 3.71. The van der Waals surface area contributed by atoms with Gasteiger partial charge in [0.05, 0.1) is 21.2 Å². The number of imidazole rings is 1. The summed E-state index contributed by atoms with van der Waals surface area (Å²) in [5.41, 5.74) is 3.79. The third kappa shape index (κ3) is 2.45. The van der Waals surface area contributed by atoms with E-state index in [1.807, 2.05) is 22.8 Å². The van der Waals surface area contributed by atoms with Crippen molar-refractivity contribution in [3.8, 4) is 5.69 Å². The molecule has 0 amide bonds. The van der Waals surface area contributed by atoms with E-state index in [9.17, 15) is 4.39 Å². The van der Waals surface area contributed by atoms with Crippen molar-refractivity contribution < 1.29 is 4.39 Å². The number of hydrogen-bond donors (Lipinski definition) is 1. The largest absolute Gasteiger partial charge is 0.330 e. The second-order valence-corrected chi connectivity index (χ2v) is 6.50. The Morgan fingerprint density at radius 1 is 1.24 bits per heavy atom. The first kappa shape index (κ1) is 14.5. The van der Waals surface area contributed by atoms with Crippen LogP contribution in [0, 0.1) is 10.6 Å². The number of H-pyrrole nitrogens is 1. The molecule has 108 valence electrons. The van der Waals surface area contributed by atoms with Crippen LogP contribution in [0.5, 0.6) is 0 Å². The molecule has 0 spiro atoms. The van der Waals surface area contributed by atoms with Crippen molar-refractivity contribution in [1.29, 1.82) is 0 Å². The fourth-order valence-electron chi connectivity index (χ4n) is 2.52. The summed E-state index contributed by atoms with van der Waals surface area (Å²) in [4.78, 5) is 3.08. The van der Waals surface area contributed by atoms with E-state index in [1.54, 1.807) is 6.07 Å². The van der Waals surface area contributed by atoms with Crippen LogP contribution >= 0.6 is 28.1 Å². The molecule has 1 heterocycles. The maximum atomic E-state index is 13.7. The summed E-state index contributed by atoms with van der Waals surface area (Å²) in [7, 11) is 0. The minimum atomic E-state index is -0.303. The SMILES string of the molecule is CC(C)c1ccccc1-n1c(=S)[nH]c2cc(F)c(Br)cc21. The van der Waals surface area contributed by atoms with Crippen LogP contribution in [0.4, 0.5) is 4.39 Å². The first-order valence-electron chi connectivity index (χ1n) is 6.68. The summed E-state index contributed by atoms with van der Waals surface area (Å²) in [6, 6.07) is 11.4. The van der Waals surface area contributed by atoms with Crippen molar-refractivity contribution in [2.75, 3.05) is 0 Å². The molecule has 0 saturated heterocycles. The van der Waals surface area contributed by atoms with Crippen LogP contribution in [0.15, 0.2) is 40.9 Å². The topological polar surface area (TPSA) is 20.7 Å². The number of aromatic nitrogens is 2. The molecule has 0 saturated carbocycles. The van der Waals surface area contributed by atoms with E-state index in [-0.39, 0.29) is 5.82 Å². The van der Waals surface area contributed by atoms with Gasteiger partial charge in [-0.05, 0) is 51.8 Å². The predicted molar refractivity (Wildman–Crippen MR) is 90.2 cm³/mol. The van der Waals surface area contributed by atoms with Gasteiger partial charge in [0.25, 0.3) is 0 Å². The lowest BCUT2D eigenvalue weighted by Crippen LogP contribution is -2.01. The van der Waals surface area contributed by atoms with E-state index in [4.69, 9.17) is 12.2 Å². The summed E-state index contributed by atoms with van der Waals surface area (Å²) in [6.45, 7) is 4.29. The lowest BCUT2D eigenvalue weighted by atomic mass is 10.0. The van der Waals surface area contributed by atoms with Crippen LogP contribution in [0.1, 0.15) is 25.3 Å². The number of aromatic amines is 1. The molecule has 5 heteroatoms. The molecule has 0 atom stereocenters. The van der Waals surface area contributed by atoms with E-state index in [2.05, 4.69) is 40.8 Å². The summed E-state index contributed by atoms with van der Waals surface area (Å²) in [5.74, 6) is 0.0694. The molecule has 0 bridgehead atoms. The van der Waals surface area contributed by atoms with Crippen molar-refractivity contribution in [2.45, 2.75) is 19.8 Å². The number of rotatable bonds is 2. The zero-order valence-electron chi connectivity index (χ0n) is 11.7. The fraction of sp³-hybridized carbons (Fsp3) is 0.188. The van der Waals surface area contributed by atoms with Gasteiger partial charge < -0.3 is 4.98 Å². The zero-order chi connectivity index (χ0) is 15.1. The van der Waals surface area contributed by atoms with E-state index in [0.717, 1.165) is 11.2 Å². The van der Waals surface area contributed by atoms with E-state index < -0.39 is 0 Å². The maximum absolute atomic E-state index is 13.7. The quantitative estimate of drug-likeness (QED) is 0.577. The van der Waals surface area contributed by atoms with Crippen molar-refractivity contribution in [2.24, 2.45) is 0 Å². The smallest absolute Gasteiger partial charge is 0.182 e. The van der Waals surface area contributed by atoms with E-state index in [1.165, 1.54) is 11.6 Å². The first-order chi connectivity index (χ1) is 9.99. The molecule has 0 aliphatic rings. The molecule has 0 aliphatic heterocycles. The second kappa shape index (κ2) is 5.39. The molecule has 1 aromatic heterocycles. The number of fused-ring (bicyclic) bond motifs is 1. The third-order valence-corrected chi connectivity index (χ3v) is 4.42. The summed E-state index contributed by atoms with van der Waals surface area (Å²) in [6.07, 6.45) is 0. The van der Waals surface area contributed by atoms with Gasteiger partial charge in [0.1, 0.15) is 5.82 Å². The van der Waals surface area contributed by atoms with E-state index in [0.29, 0.717) is 20.7 Å². The minimum Gasteiger partial charge on any atom is -0.330 e. The fourth-order valence-corrected chi connectivity index (χ4v) is 3.16. The standard InChI is InChI=1S/C16H14BrFN2S/c1-9(2)10-5-3-4-6-14(10)20-15-7-11(17)12(18)8-13(15)19-16(20)21/h3-9H,1-2H3,(H,19,21). The van der Waals surface area contributed by atoms with E-state index >= 15 is 0 Å². The highest BCUT2D eigenvalue weighted by Crippen LogP contribution is 2.29. The predicted octanol–water partition coefficient (Wildman–Crippen LogP) is 5.71. The Labute approximate surface area is 135 Å². The lowest BCUT2D eigenvalue weighted by Gasteiger charge is -2.14. The molecule has 0 aliphatic carbocycles. The monoisotopic (exact) mass is 364 g/mol. The van der Waals surface area contributed by atoms with Crippen LogP contribution in [0.25, 0.3) is 16.7 Å². The number of nitrogens with zero attached hydrogens (tertiary/aromatic N) is 1. The highest BCUT2D eigenvalue weighted by atomic mass is 79.9. The van der Waals surface area contributed by atoms with Crippen LogP contribution in [-0.4, -0.2) is 9.55 Å².